The van der Waals surface area contributed by atoms with Crippen LogP contribution in [0.1, 0.15) is 53.4 Å². The van der Waals surface area contributed by atoms with Crippen LogP contribution in [0, 0.1) is 6.92 Å². The van der Waals surface area contributed by atoms with Gasteiger partial charge in [-0.25, -0.2) is 0 Å². The second kappa shape index (κ2) is 3.82. The van der Waals surface area contributed by atoms with Gasteiger partial charge in [0, 0.05) is 11.1 Å². The van der Waals surface area contributed by atoms with Gasteiger partial charge in [-0.15, -0.1) is 0 Å². The molecule has 1 fully saturated rings. The minimum atomic E-state index is -0.403. The molecule has 1 rings (SSSR count). The minimum absolute atomic E-state index is 0.0961. The zero-order valence-corrected chi connectivity index (χ0v) is 10.0. The molecular weight excluding hydrogens is 174 g/mol. The van der Waals surface area contributed by atoms with E-state index in [0.29, 0.717) is 6.42 Å². The molecule has 1 aliphatic rings. The van der Waals surface area contributed by atoms with Crippen molar-refractivity contribution in [3.63, 3.8) is 0 Å². The zero-order chi connectivity index (χ0) is 11.0. The quantitative estimate of drug-likeness (QED) is 0.737. The van der Waals surface area contributed by atoms with Gasteiger partial charge in [-0.2, -0.15) is 0 Å². The molecular formula is C12H24NO. The van der Waals surface area contributed by atoms with E-state index in [1.165, 1.54) is 6.42 Å². The zero-order valence-electron chi connectivity index (χ0n) is 10.0. The van der Waals surface area contributed by atoms with Gasteiger partial charge in [-0.3, -0.25) is 4.90 Å². The summed E-state index contributed by atoms with van der Waals surface area (Å²) in [5, 5.41) is 10.0. The normalized spacial score (nSPS) is 28.7. The van der Waals surface area contributed by atoms with Crippen molar-refractivity contribution in [2.24, 2.45) is 0 Å². The van der Waals surface area contributed by atoms with E-state index in [4.69, 9.17) is 0 Å². The van der Waals surface area contributed by atoms with E-state index >= 15 is 0 Å². The molecule has 0 spiro atoms. The molecule has 1 saturated heterocycles. The molecule has 0 aromatic rings. The summed E-state index contributed by atoms with van der Waals surface area (Å²) in [5.74, 6) is 0. The lowest BCUT2D eigenvalue weighted by molar-refractivity contribution is -0.136. The SMILES string of the molecule is [CH2]CC(O)N1C(C)(C)CCCC1(C)C. The average Bonchev–Trinajstić information content (AvgIpc) is 2.00. The maximum atomic E-state index is 10.0. The summed E-state index contributed by atoms with van der Waals surface area (Å²) in [6, 6.07) is 0. The first-order valence-corrected chi connectivity index (χ1v) is 5.58. The molecule has 14 heavy (non-hydrogen) atoms. The van der Waals surface area contributed by atoms with Crippen LogP contribution in [0.15, 0.2) is 0 Å². The number of hydrogen-bond acceptors (Lipinski definition) is 2. The van der Waals surface area contributed by atoms with Gasteiger partial charge in [0.15, 0.2) is 0 Å². The Morgan fingerprint density at radius 1 is 1.21 bits per heavy atom. The first kappa shape index (κ1) is 12.0. The summed E-state index contributed by atoms with van der Waals surface area (Å²) in [6.07, 6.45) is 3.73. The number of rotatable bonds is 2. The van der Waals surface area contributed by atoms with Crippen LogP contribution in [-0.2, 0) is 0 Å². The summed E-state index contributed by atoms with van der Waals surface area (Å²) in [6.45, 7) is 12.7. The monoisotopic (exact) mass is 198 g/mol. The van der Waals surface area contributed by atoms with Gasteiger partial charge in [0.05, 0.1) is 0 Å². The van der Waals surface area contributed by atoms with Crippen molar-refractivity contribution in [1.82, 2.24) is 4.90 Å². The van der Waals surface area contributed by atoms with Gasteiger partial charge >= 0.3 is 0 Å². The first-order valence-electron chi connectivity index (χ1n) is 5.58. The largest absolute Gasteiger partial charge is 0.378 e. The van der Waals surface area contributed by atoms with Crippen molar-refractivity contribution in [3.05, 3.63) is 6.92 Å². The Balaban J connectivity index is 2.91. The van der Waals surface area contributed by atoms with Crippen molar-refractivity contribution in [1.29, 1.82) is 0 Å². The predicted octanol–water partition coefficient (Wildman–Crippen LogP) is 2.57. The Labute approximate surface area is 88.3 Å². The Morgan fingerprint density at radius 2 is 1.64 bits per heavy atom. The van der Waals surface area contributed by atoms with E-state index in [1.54, 1.807) is 0 Å². The number of piperidine rings is 1. The van der Waals surface area contributed by atoms with E-state index in [-0.39, 0.29) is 11.1 Å². The van der Waals surface area contributed by atoms with Crippen LogP contribution < -0.4 is 0 Å². The molecule has 1 unspecified atom stereocenters. The number of likely N-dealkylation sites (tertiary alicyclic amines) is 1. The minimum Gasteiger partial charge on any atom is -0.378 e. The fraction of sp³-hybridized carbons (Fsp3) is 0.917. The molecule has 2 nitrogen and oxygen atoms in total. The summed E-state index contributed by atoms with van der Waals surface area (Å²) < 4.78 is 0. The molecule has 83 valence electrons. The third-order valence-electron chi connectivity index (χ3n) is 3.44. The highest BCUT2D eigenvalue weighted by molar-refractivity contribution is 4.97. The highest BCUT2D eigenvalue weighted by Crippen LogP contribution is 2.39. The van der Waals surface area contributed by atoms with Crippen LogP contribution in [0.25, 0.3) is 0 Å². The highest BCUT2D eigenvalue weighted by Gasteiger charge is 2.43. The van der Waals surface area contributed by atoms with Gasteiger partial charge in [0.2, 0.25) is 0 Å². The van der Waals surface area contributed by atoms with Crippen molar-refractivity contribution < 1.29 is 5.11 Å². The third kappa shape index (κ3) is 2.12. The van der Waals surface area contributed by atoms with Crippen molar-refractivity contribution >= 4 is 0 Å². The van der Waals surface area contributed by atoms with Crippen LogP contribution in [-0.4, -0.2) is 27.3 Å². The predicted molar refractivity (Wildman–Crippen MR) is 59.8 cm³/mol. The van der Waals surface area contributed by atoms with Crippen LogP contribution in [0.4, 0.5) is 0 Å². The maximum Gasteiger partial charge on any atom is 0.108 e. The van der Waals surface area contributed by atoms with Gasteiger partial charge in [-0.05, 0) is 60.3 Å². The smallest absolute Gasteiger partial charge is 0.108 e. The third-order valence-corrected chi connectivity index (χ3v) is 3.44. The lowest BCUT2D eigenvalue weighted by atomic mass is 9.79. The molecule has 0 aromatic carbocycles. The van der Waals surface area contributed by atoms with Crippen LogP contribution in [0.5, 0.6) is 0 Å². The molecule has 0 aromatic heterocycles. The molecule has 2 heteroatoms. The Hall–Kier alpha value is -0.0800. The van der Waals surface area contributed by atoms with Crippen molar-refractivity contribution in [2.45, 2.75) is 70.7 Å². The Bertz CT molecular complexity index is 182. The molecule has 1 radical (unpaired) electrons. The standard InChI is InChI=1S/C12H24NO/c1-6-10(14)13-11(2,3)8-7-9-12(13,4)5/h10,14H,1,6-9H2,2-5H3. The molecule has 0 amide bonds. The van der Waals surface area contributed by atoms with Crippen molar-refractivity contribution in [3.8, 4) is 0 Å². The van der Waals surface area contributed by atoms with E-state index in [9.17, 15) is 5.11 Å². The molecule has 1 aliphatic heterocycles. The van der Waals surface area contributed by atoms with Crippen LogP contribution in [0.2, 0.25) is 0 Å². The van der Waals surface area contributed by atoms with E-state index in [1.807, 2.05) is 0 Å². The number of nitrogens with zero attached hydrogens (tertiary/aromatic N) is 1. The van der Waals surface area contributed by atoms with Crippen molar-refractivity contribution in [2.75, 3.05) is 0 Å². The second-order valence-corrected chi connectivity index (χ2v) is 5.62. The molecule has 1 atom stereocenters. The molecule has 0 aliphatic carbocycles. The number of aliphatic hydroxyl groups excluding tert-OH is 1. The summed E-state index contributed by atoms with van der Waals surface area (Å²) >= 11 is 0. The van der Waals surface area contributed by atoms with E-state index < -0.39 is 6.23 Å². The fourth-order valence-corrected chi connectivity index (χ4v) is 2.95. The number of hydrogen-bond donors (Lipinski definition) is 1. The number of aliphatic hydroxyl groups is 1. The summed E-state index contributed by atoms with van der Waals surface area (Å²) in [4.78, 5) is 2.23. The van der Waals surface area contributed by atoms with Crippen LogP contribution in [0.3, 0.4) is 0 Å². The first-order chi connectivity index (χ1) is 6.31. The van der Waals surface area contributed by atoms with E-state index in [2.05, 4.69) is 39.5 Å². The molecule has 1 heterocycles. The summed E-state index contributed by atoms with van der Waals surface area (Å²) in [7, 11) is 0. The molecule has 0 saturated carbocycles. The van der Waals surface area contributed by atoms with Gasteiger partial charge in [0.25, 0.3) is 0 Å². The van der Waals surface area contributed by atoms with Gasteiger partial charge in [0.1, 0.15) is 6.23 Å². The van der Waals surface area contributed by atoms with Gasteiger partial charge < -0.3 is 5.11 Å². The maximum absolute atomic E-state index is 10.0. The van der Waals surface area contributed by atoms with Gasteiger partial charge in [-0.1, -0.05) is 0 Å². The average molecular weight is 198 g/mol. The lowest BCUT2D eigenvalue weighted by Gasteiger charge is -2.54. The highest BCUT2D eigenvalue weighted by atomic mass is 16.3. The Kier molecular flexibility index (Phi) is 3.27. The Morgan fingerprint density at radius 3 is 2.00 bits per heavy atom. The second-order valence-electron chi connectivity index (χ2n) is 5.62. The topological polar surface area (TPSA) is 23.5 Å². The van der Waals surface area contributed by atoms with E-state index in [0.717, 1.165) is 12.8 Å². The molecule has 0 bridgehead atoms. The fourth-order valence-electron chi connectivity index (χ4n) is 2.95. The molecule has 1 N–H and O–H groups in total. The lowest BCUT2D eigenvalue weighted by Crippen LogP contribution is -2.62. The summed E-state index contributed by atoms with van der Waals surface area (Å²) in [5.41, 5.74) is 0.192. The van der Waals surface area contributed by atoms with Crippen LogP contribution >= 0.6 is 0 Å².